The molecule has 1 amide bonds. The maximum absolute atomic E-state index is 12.0. The first-order chi connectivity index (χ1) is 8.58. The van der Waals surface area contributed by atoms with Crippen LogP contribution in [0.3, 0.4) is 0 Å². The molecule has 2 aromatic rings. The molecule has 0 unspecified atom stereocenters. The van der Waals surface area contributed by atoms with Crippen molar-refractivity contribution in [1.82, 2.24) is 4.98 Å². The van der Waals surface area contributed by atoms with Crippen molar-refractivity contribution in [3.05, 3.63) is 53.2 Å². The molecule has 92 valence electrons. The summed E-state index contributed by atoms with van der Waals surface area (Å²) in [6.07, 6.45) is 1.56. The first-order valence-electron chi connectivity index (χ1n) is 5.67. The van der Waals surface area contributed by atoms with Crippen molar-refractivity contribution in [1.29, 1.82) is 0 Å². The number of carbonyl (C=O) groups is 1. The Balaban J connectivity index is 2.24. The van der Waals surface area contributed by atoms with E-state index < -0.39 is 0 Å². The molecule has 0 atom stereocenters. The number of hydrogen-bond acceptors (Lipinski definition) is 3. The molecule has 0 fully saturated rings. The normalized spacial score (nSPS) is 10.1. The number of nitrogens with one attached hydrogen (secondary N) is 1. The molecule has 0 spiro atoms. The molecule has 0 aliphatic rings. The van der Waals surface area contributed by atoms with E-state index >= 15 is 0 Å². The molecule has 0 saturated heterocycles. The average Bonchev–Trinajstić information content (AvgIpc) is 2.33. The van der Waals surface area contributed by atoms with Gasteiger partial charge in [-0.2, -0.15) is 0 Å². The Labute approximate surface area is 106 Å². The second kappa shape index (κ2) is 4.87. The molecule has 18 heavy (non-hydrogen) atoms. The minimum atomic E-state index is -0.243. The van der Waals surface area contributed by atoms with Crippen LogP contribution in [-0.2, 0) is 0 Å². The minimum absolute atomic E-state index is 0.236. The lowest BCUT2D eigenvalue weighted by Crippen LogP contribution is -2.15. The van der Waals surface area contributed by atoms with E-state index in [0.29, 0.717) is 5.56 Å². The van der Waals surface area contributed by atoms with Gasteiger partial charge in [-0.1, -0.05) is 17.7 Å². The molecular formula is C14H15N3O. The van der Waals surface area contributed by atoms with Gasteiger partial charge in [0.1, 0.15) is 5.82 Å². The Hall–Kier alpha value is -2.36. The molecule has 2 rings (SSSR count). The van der Waals surface area contributed by atoms with Crippen molar-refractivity contribution < 1.29 is 4.79 Å². The van der Waals surface area contributed by atoms with E-state index in [1.54, 1.807) is 18.3 Å². The summed E-state index contributed by atoms with van der Waals surface area (Å²) in [4.78, 5) is 15.9. The van der Waals surface area contributed by atoms with Gasteiger partial charge in [0.05, 0.1) is 5.56 Å². The van der Waals surface area contributed by atoms with Crippen molar-refractivity contribution in [3.63, 3.8) is 0 Å². The van der Waals surface area contributed by atoms with Gasteiger partial charge in [-0.25, -0.2) is 4.98 Å². The summed E-state index contributed by atoms with van der Waals surface area (Å²) in [5.41, 5.74) is 9.02. The molecule has 0 aliphatic carbocycles. The molecule has 1 aromatic heterocycles. The number of rotatable bonds is 2. The smallest absolute Gasteiger partial charge is 0.259 e. The number of anilines is 2. The van der Waals surface area contributed by atoms with E-state index in [9.17, 15) is 4.79 Å². The highest BCUT2D eigenvalue weighted by molar-refractivity contribution is 6.07. The SMILES string of the molecule is Cc1ccc(NC(=O)c2cccnc2N)c(C)c1. The third kappa shape index (κ3) is 2.48. The number of benzene rings is 1. The third-order valence-corrected chi connectivity index (χ3v) is 2.71. The van der Waals surface area contributed by atoms with Crippen molar-refractivity contribution in [2.75, 3.05) is 11.1 Å². The highest BCUT2D eigenvalue weighted by Crippen LogP contribution is 2.18. The lowest BCUT2D eigenvalue weighted by Gasteiger charge is -2.09. The van der Waals surface area contributed by atoms with Crippen LogP contribution in [-0.4, -0.2) is 10.9 Å². The van der Waals surface area contributed by atoms with Gasteiger partial charge in [0.15, 0.2) is 0 Å². The lowest BCUT2D eigenvalue weighted by atomic mass is 10.1. The molecule has 0 bridgehead atoms. The zero-order valence-electron chi connectivity index (χ0n) is 10.4. The Bertz CT molecular complexity index is 593. The number of nitrogens with zero attached hydrogens (tertiary/aromatic N) is 1. The van der Waals surface area contributed by atoms with Crippen LogP contribution in [0.5, 0.6) is 0 Å². The van der Waals surface area contributed by atoms with Crippen LogP contribution in [0, 0.1) is 13.8 Å². The van der Waals surface area contributed by atoms with E-state index in [4.69, 9.17) is 5.73 Å². The number of amides is 1. The fourth-order valence-corrected chi connectivity index (χ4v) is 1.75. The summed E-state index contributed by atoms with van der Waals surface area (Å²) in [6.45, 7) is 3.97. The Kier molecular flexibility index (Phi) is 3.28. The maximum atomic E-state index is 12.0. The standard InChI is InChI=1S/C14H15N3O/c1-9-5-6-12(10(2)8-9)17-14(18)11-4-3-7-16-13(11)15/h3-8H,1-2H3,(H2,15,16)(H,17,18). The van der Waals surface area contributed by atoms with Crippen LogP contribution >= 0.6 is 0 Å². The largest absolute Gasteiger partial charge is 0.383 e. The molecule has 3 N–H and O–H groups in total. The van der Waals surface area contributed by atoms with E-state index in [1.165, 1.54) is 0 Å². The van der Waals surface area contributed by atoms with Crippen molar-refractivity contribution in [3.8, 4) is 0 Å². The number of nitrogens with two attached hydrogens (primary N) is 1. The van der Waals surface area contributed by atoms with Crippen LogP contribution < -0.4 is 11.1 Å². The first kappa shape index (κ1) is 12.1. The van der Waals surface area contributed by atoms with Crippen LogP contribution in [0.2, 0.25) is 0 Å². The van der Waals surface area contributed by atoms with Gasteiger partial charge in [-0.05, 0) is 37.6 Å². The second-order valence-corrected chi connectivity index (χ2v) is 4.21. The zero-order chi connectivity index (χ0) is 13.1. The fraction of sp³-hybridized carbons (Fsp3) is 0.143. The van der Waals surface area contributed by atoms with E-state index in [-0.39, 0.29) is 11.7 Å². The maximum Gasteiger partial charge on any atom is 0.259 e. The van der Waals surface area contributed by atoms with Crippen LogP contribution in [0.15, 0.2) is 36.5 Å². The quantitative estimate of drug-likeness (QED) is 0.849. The molecule has 0 radical (unpaired) electrons. The van der Waals surface area contributed by atoms with E-state index in [1.807, 2.05) is 32.0 Å². The zero-order valence-corrected chi connectivity index (χ0v) is 10.4. The highest BCUT2D eigenvalue weighted by Gasteiger charge is 2.11. The molecule has 1 aromatic carbocycles. The lowest BCUT2D eigenvalue weighted by molar-refractivity contribution is 0.102. The number of aromatic nitrogens is 1. The summed E-state index contributed by atoms with van der Waals surface area (Å²) >= 11 is 0. The summed E-state index contributed by atoms with van der Waals surface area (Å²) in [6, 6.07) is 9.20. The monoisotopic (exact) mass is 241 g/mol. The van der Waals surface area contributed by atoms with Crippen molar-refractivity contribution >= 4 is 17.4 Å². The minimum Gasteiger partial charge on any atom is -0.383 e. The van der Waals surface area contributed by atoms with Gasteiger partial charge >= 0.3 is 0 Å². The van der Waals surface area contributed by atoms with Gasteiger partial charge in [0, 0.05) is 11.9 Å². The summed E-state index contributed by atoms with van der Waals surface area (Å²) in [7, 11) is 0. The number of pyridine rings is 1. The van der Waals surface area contributed by atoms with Gasteiger partial charge in [0.2, 0.25) is 0 Å². The Morgan fingerprint density at radius 2 is 2.06 bits per heavy atom. The molecule has 0 aliphatic heterocycles. The molecular weight excluding hydrogens is 226 g/mol. The Morgan fingerprint density at radius 3 is 2.72 bits per heavy atom. The number of aryl methyl sites for hydroxylation is 2. The van der Waals surface area contributed by atoms with Gasteiger partial charge in [0.25, 0.3) is 5.91 Å². The van der Waals surface area contributed by atoms with Crippen LogP contribution in [0.4, 0.5) is 11.5 Å². The number of hydrogen-bond donors (Lipinski definition) is 2. The first-order valence-corrected chi connectivity index (χ1v) is 5.67. The predicted molar refractivity (Wildman–Crippen MR) is 72.5 cm³/mol. The fourth-order valence-electron chi connectivity index (χ4n) is 1.75. The highest BCUT2D eigenvalue weighted by atomic mass is 16.1. The summed E-state index contributed by atoms with van der Waals surface area (Å²) < 4.78 is 0. The van der Waals surface area contributed by atoms with Crippen molar-refractivity contribution in [2.45, 2.75) is 13.8 Å². The van der Waals surface area contributed by atoms with Crippen LogP contribution in [0.25, 0.3) is 0 Å². The van der Waals surface area contributed by atoms with E-state index in [0.717, 1.165) is 16.8 Å². The molecule has 1 heterocycles. The predicted octanol–water partition coefficient (Wildman–Crippen LogP) is 2.53. The topological polar surface area (TPSA) is 68.0 Å². The third-order valence-electron chi connectivity index (χ3n) is 2.71. The van der Waals surface area contributed by atoms with Crippen LogP contribution in [0.1, 0.15) is 21.5 Å². The number of carbonyl (C=O) groups excluding carboxylic acids is 1. The second-order valence-electron chi connectivity index (χ2n) is 4.21. The van der Waals surface area contributed by atoms with E-state index in [2.05, 4.69) is 10.3 Å². The molecule has 4 heteroatoms. The van der Waals surface area contributed by atoms with Crippen molar-refractivity contribution in [2.24, 2.45) is 0 Å². The summed E-state index contributed by atoms with van der Waals surface area (Å²) in [5.74, 6) is -0.00711. The molecule has 0 saturated carbocycles. The molecule has 4 nitrogen and oxygen atoms in total. The van der Waals surface area contributed by atoms with Gasteiger partial charge in [-0.3, -0.25) is 4.79 Å². The van der Waals surface area contributed by atoms with Gasteiger partial charge < -0.3 is 11.1 Å². The Morgan fingerprint density at radius 1 is 1.28 bits per heavy atom. The number of nitrogen functional groups attached to an aromatic ring is 1. The summed E-state index contributed by atoms with van der Waals surface area (Å²) in [5, 5.41) is 2.84. The average molecular weight is 241 g/mol. The van der Waals surface area contributed by atoms with Gasteiger partial charge in [-0.15, -0.1) is 0 Å².